The van der Waals surface area contributed by atoms with Crippen LogP contribution in [0.2, 0.25) is 0 Å². The Bertz CT molecular complexity index is 318. The van der Waals surface area contributed by atoms with Crippen molar-refractivity contribution in [1.82, 2.24) is 0 Å². The summed E-state index contributed by atoms with van der Waals surface area (Å²) < 4.78 is 10.6. The van der Waals surface area contributed by atoms with E-state index in [0.717, 1.165) is 19.3 Å². The molecule has 0 aliphatic heterocycles. The minimum absolute atomic E-state index is 0.0800. The largest absolute Gasteiger partial charge is 0.466 e. The highest BCUT2D eigenvalue weighted by molar-refractivity contribution is 5.77. The Hall–Kier alpha value is -1.06. The van der Waals surface area contributed by atoms with Gasteiger partial charge in [-0.1, -0.05) is 60.3 Å². The lowest BCUT2D eigenvalue weighted by atomic mass is 9.87. The van der Waals surface area contributed by atoms with Crippen molar-refractivity contribution in [2.75, 3.05) is 6.61 Å². The summed E-state index contributed by atoms with van der Waals surface area (Å²) in [6.07, 6.45) is 6.47. The van der Waals surface area contributed by atoms with Crippen molar-refractivity contribution in [2.24, 2.45) is 5.41 Å². The molecule has 0 saturated heterocycles. The molecule has 0 aromatic heterocycles. The fourth-order valence-electron chi connectivity index (χ4n) is 2.26. The Morgan fingerprint density at radius 3 is 2.05 bits per heavy atom. The summed E-state index contributed by atoms with van der Waals surface area (Å²) in [6, 6.07) is 0. The monoisotopic (exact) mass is 314 g/mol. The molecule has 0 rings (SSSR count). The van der Waals surface area contributed by atoms with E-state index >= 15 is 0 Å². The van der Waals surface area contributed by atoms with Gasteiger partial charge in [0.05, 0.1) is 19.4 Å². The number of ether oxygens (including phenoxy) is 2. The molecule has 0 radical (unpaired) electrons. The standard InChI is InChI=1S/C18H34O4/c1-6-8-9-10-11-14-21-16(19)12-13-17(20)22-15(7-2)18(3,4)5/h15H,6-14H2,1-5H3. The average Bonchev–Trinajstić information content (AvgIpc) is 2.45. The molecule has 0 aliphatic carbocycles. The molecule has 0 fully saturated rings. The number of carbonyl (C=O) groups excluding carboxylic acids is 2. The van der Waals surface area contributed by atoms with Crippen molar-refractivity contribution in [3.8, 4) is 0 Å². The molecule has 1 atom stereocenters. The Kier molecular flexibility index (Phi) is 10.9. The molecule has 130 valence electrons. The number of rotatable bonds is 11. The second-order valence-electron chi connectivity index (χ2n) is 6.89. The Morgan fingerprint density at radius 1 is 0.909 bits per heavy atom. The van der Waals surface area contributed by atoms with Crippen LogP contribution < -0.4 is 0 Å². The first-order valence-corrected chi connectivity index (χ1v) is 8.66. The maximum Gasteiger partial charge on any atom is 0.306 e. The van der Waals surface area contributed by atoms with Gasteiger partial charge in [-0.05, 0) is 18.3 Å². The van der Waals surface area contributed by atoms with Crippen LogP contribution in [-0.2, 0) is 19.1 Å². The lowest BCUT2D eigenvalue weighted by molar-refractivity contribution is -0.158. The van der Waals surface area contributed by atoms with Crippen LogP contribution in [0.25, 0.3) is 0 Å². The van der Waals surface area contributed by atoms with Crippen LogP contribution >= 0.6 is 0 Å². The van der Waals surface area contributed by atoms with Crippen molar-refractivity contribution < 1.29 is 19.1 Å². The van der Waals surface area contributed by atoms with Gasteiger partial charge in [0.25, 0.3) is 0 Å². The molecule has 1 unspecified atom stereocenters. The fourth-order valence-corrected chi connectivity index (χ4v) is 2.26. The van der Waals surface area contributed by atoms with E-state index in [-0.39, 0.29) is 36.3 Å². The lowest BCUT2D eigenvalue weighted by Crippen LogP contribution is -2.31. The number of carbonyl (C=O) groups is 2. The maximum atomic E-state index is 11.8. The summed E-state index contributed by atoms with van der Waals surface area (Å²) in [5.41, 5.74) is -0.0800. The first-order chi connectivity index (χ1) is 10.3. The molecule has 0 bridgehead atoms. The number of esters is 2. The van der Waals surface area contributed by atoms with Gasteiger partial charge in [-0.3, -0.25) is 9.59 Å². The molecule has 0 N–H and O–H groups in total. The van der Waals surface area contributed by atoms with E-state index in [1.807, 2.05) is 27.7 Å². The van der Waals surface area contributed by atoms with Gasteiger partial charge in [0.1, 0.15) is 6.10 Å². The van der Waals surface area contributed by atoms with Crippen molar-refractivity contribution in [1.29, 1.82) is 0 Å². The molecular formula is C18H34O4. The van der Waals surface area contributed by atoms with E-state index in [4.69, 9.17) is 9.47 Å². The molecule has 0 amide bonds. The van der Waals surface area contributed by atoms with E-state index in [1.165, 1.54) is 19.3 Å². The predicted octanol–water partition coefficient (Wildman–Crippen LogP) is 4.65. The molecular weight excluding hydrogens is 280 g/mol. The third-order valence-corrected chi connectivity index (χ3v) is 3.65. The molecule has 0 aromatic rings. The summed E-state index contributed by atoms with van der Waals surface area (Å²) in [5.74, 6) is -0.627. The second kappa shape index (κ2) is 11.5. The average molecular weight is 314 g/mol. The minimum Gasteiger partial charge on any atom is -0.466 e. The van der Waals surface area contributed by atoms with Gasteiger partial charge in [0.2, 0.25) is 0 Å². The highest BCUT2D eigenvalue weighted by Gasteiger charge is 2.26. The number of unbranched alkanes of at least 4 members (excludes halogenated alkanes) is 4. The van der Waals surface area contributed by atoms with Crippen LogP contribution in [0.15, 0.2) is 0 Å². The Morgan fingerprint density at radius 2 is 1.50 bits per heavy atom. The van der Waals surface area contributed by atoms with Gasteiger partial charge in [-0.2, -0.15) is 0 Å². The van der Waals surface area contributed by atoms with E-state index < -0.39 is 0 Å². The van der Waals surface area contributed by atoms with Crippen molar-refractivity contribution in [3.05, 3.63) is 0 Å². The number of hydrogen-bond acceptors (Lipinski definition) is 4. The maximum absolute atomic E-state index is 11.8. The summed E-state index contributed by atoms with van der Waals surface area (Å²) in [5, 5.41) is 0. The second-order valence-corrected chi connectivity index (χ2v) is 6.89. The quantitative estimate of drug-likeness (QED) is 0.411. The molecule has 4 heteroatoms. The molecule has 0 heterocycles. The third kappa shape index (κ3) is 10.6. The molecule has 0 spiro atoms. The summed E-state index contributed by atoms with van der Waals surface area (Å²) >= 11 is 0. The summed E-state index contributed by atoms with van der Waals surface area (Å²) in [4.78, 5) is 23.3. The van der Waals surface area contributed by atoms with E-state index in [1.54, 1.807) is 0 Å². The van der Waals surface area contributed by atoms with Gasteiger partial charge in [0, 0.05) is 0 Å². The zero-order chi connectivity index (χ0) is 17.0. The highest BCUT2D eigenvalue weighted by Crippen LogP contribution is 2.25. The Labute approximate surface area is 135 Å². The van der Waals surface area contributed by atoms with Gasteiger partial charge in [0.15, 0.2) is 0 Å². The van der Waals surface area contributed by atoms with Crippen LogP contribution in [0.4, 0.5) is 0 Å². The van der Waals surface area contributed by atoms with Gasteiger partial charge < -0.3 is 9.47 Å². The predicted molar refractivity (Wildman–Crippen MR) is 88.6 cm³/mol. The Balaban J connectivity index is 3.79. The van der Waals surface area contributed by atoms with Crippen LogP contribution in [-0.4, -0.2) is 24.6 Å². The summed E-state index contributed by atoms with van der Waals surface area (Å²) in [6.45, 7) is 10.7. The van der Waals surface area contributed by atoms with Crippen molar-refractivity contribution in [3.63, 3.8) is 0 Å². The first-order valence-electron chi connectivity index (χ1n) is 8.66. The van der Waals surface area contributed by atoms with Crippen LogP contribution in [0, 0.1) is 5.41 Å². The fraction of sp³-hybridized carbons (Fsp3) is 0.889. The zero-order valence-electron chi connectivity index (χ0n) is 15.1. The molecule has 0 saturated carbocycles. The third-order valence-electron chi connectivity index (χ3n) is 3.65. The van der Waals surface area contributed by atoms with E-state index in [2.05, 4.69) is 6.92 Å². The highest BCUT2D eigenvalue weighted by atomic mass is 16.5. The minimum atomic E-state index is -0.318. The summed E-state index contributed by atoms with van der Waals surface area (Å²) in [7, 11) is 0. The zero-order valence-corrected chi connectivity index (χ0v) is 15.1. The molecule has 0 aliphatic rings. The smallest absolute Gasteiger partial charge is 0.306 e. The van der Waals surface area contributed by atoms with Crippen LogP contribution in [0.1, 0.15) is 86.0 Å². The SMILES string of the molecule is CCCCCCCOC(=O)CCC(=O)OC(CC)C(C)(C)C. The van der Waals surface area contributed by atoms with Crippen molar-refractivity contribution in [2.45, 2.75) is 92.1 Å². The number of hydrogen-bond donors (Lipinski definition) is 0. The lowest BCUT2D eigenvalue weighted by Gasteiger charge is -2.29. The van der Waals surface area contributed by atoms with Crippen LogP contribution in [0.5, 0.6) is 0 Å². The van der Waals surface area contributed by atoms with Gasteiger partial charge in [-0.25, -0.2) is 0 Å². The topological polar surface area (TPSA) is 52.6 Å². The van der Waals surface area contributed by atoms with Crippen LogP contribution in [0.3, 0.4) is 0 Å². The van der Waals surface area contributed by atoms with Gasteiger partial charge >= 0.3 is 11.9 Å². The van der Waals surface area contributed by atoms with E-state index in [9.17, 15) is 9.59 Å². The first kappa shape index (κ1) is 20.9. The van der Waals surface area contributed by atoms with Crippen molar-refractivity contribution >= 4 is 11.9 Å². The molecule has 4 nitrogen and oxygen atoms in total. The van der Waals surface area contributed by atoms with Gasteiger partial charge in [-0.15, -0.1) is 0 Å². The normalized spacial score (nSPS) is 12.8. The molecule has 22 heavy (non-hydrogen) atoms. The van der Waals surface area contributed by atoms with E-state index in [0.29, 0.717) is 6.61 Å². The molecule has 0 aromatic carbocycles.